The van der Waals surface area contributed by atoms with Crippen LogP contribution in [-0.4, -0.2) is 25.5 Å². The molecule has 22 heavy (non-hydrogen) atoms. The van der Waals surface area contributed by atoms with Crippen LogP contribution in [0.5, 0.6) is 5.75 Å². The SMILES string of the molecule is Cc1nn(CC(C)C)c(C)c1CCC(=O)Oc1cnn(C)c1. The van der Waals surface area contributed by atoms with E-state index in [1.807, 2.05) is 11.6 Å². The van der Waals surface area contributed by atoms with Crippen molar-refractivity contribution in [3.63, 3.8) is 0 Å². The molecule has 0 aliphatic rings. The highest BCUT2D eigenvalue weighted by Crippen LogP contribution is 2.17. The summed E-state index contributed by atoms with van der Waals surface area (Å²) >= 11 is 0. The van der Waals surface area contributed by atoms with Gasteiger partial charge in [-0.05, 0) is 31.7 Å². The third-order valence-electron chi connectivity index (χ3n) is 3.56. The second-order valence-corrected chi connectivity index (χ2v) is 6.05. The van der Waals surface area contributed by atoms with Gasteiger partial charge in [0, 0.05) is 19.3 Å². The van der Waals surface area contributed by atoms with Crippen molar-refractivity contribution in [3.05, 3.63) is 29.3 Å². The summed E-state index contributed by atoms with van der Waals surface area (Å²) in [5.74, 6) is 0.779. The Morgan fingerprint density at radius 3 is 2.68 bits per heavy atom. The van der Waals surface area contributed by atoms with Crippen molar-refractivity contribution in [3.8, 4) is 5.75 Å². The fourth-order valence-electron chi connectivity index (χ4n) is 2.48. The molecule has 6 nitrogen and oxygen atoms in total. The highest BCUT2D eigenvalue weighted by molar-refractivity contribution is 5.72. The van der Waals surface area contributed by atoms with Crippen molar-refractivity contribution >= 4 is 5.97 Å². The van der Waals surface area contributed by atoms with Crippen LogP contribution in [0.25, 0.3) is 0 Å². The third kappa shape index (κ3) is 3.96. The van der Waals surface area contributed by atoms with Gasteiger partial charge in [-0.3, -0.25) is 14.2 Å². The van der Waals surface area contributed by atoms with Crippen molar-refractivity contribution in [2.24, 2.45) is 13.0 Å². The van der Waals surface area contributed by atoms with Gasteiger partial charge < -0.3 is 4.74 Å². The molecule has 0 amide bonds. The monoisotopic (exact) mass is 304 g/mol. The molecule has 0 saturated carbocycles. The van der Waals surface area contributed by atoms with Gasteiger partial charge in [0.15, 0.2) is 5.75 Å². The van der Waals surface area contributed by atoms with E-state index in [9.17, 15) is 4.79 Å². The Morgan fingerprint density at radius 1 is 1.36 bits per heavy atom. The quantitative estimate of drug-likeness (QED) is 0.769. The topological polar surface area (TPSA) is 61.9 Å². The van der Waals surface area contributed by atoms with Crippen LogP contribution in [0.3, 0.4) is 0 Å². The lowest BCUT2D eigenvalue weighted by atomic mass is 10.1. The first-order valence-electron chi connectivity index (χ1n) is 7.59. The number of nitrogens with zero attached hydrogens (tertiary/aromatic N) is 4. The van der Waals surface area contributed by atoms with Crippen LogP contribution >= 0.6 is 0 Å². The van der Waals surface area contributed by atoms with Gasteiger partial charge in [-0.15, -0.1) is 0 Å². The van der Waals surface area contributed by atoms with E-state index in [0.29, 0.717) is 24.5 Å². The first kappa shape index (κ1) is 16.3. The maximum absolute atomic E-state index is 11.9. The standard InChI is InChI=1S/C16H24N4O2/c1-11(2)9-20-13(4)15(12(3)18-20)6-7-16(21)22-14-8-17-19(5)10-14/h8,10-11H,6-7,9H2,1-5H3. The van der Waals surface area contributed by atoms with Crippen molar-refractivity contribution in [2.45, 2.75) is 47.1 Å². The Bertz CT molecular complexity index is 655. The molecule has 0 fully saturated rings. The molecular formula is C16H24N4O2. The number of carbonyl (C=O) groups is 1. The van der Waals surface area contributed by atoms with Gasteiger partial charge in [0.2, 0.25) is 0 Å². The van der Waals surface area contributed by atoms with Crippen molar-refractivity contribution in [1.82, 2.24) is 19.6 Å². The maximum Gasteiger partial charge on any atom is 0.311 e. The molecule has 2 aromatic rings. The summed E-state index contributed by atoms with van der Waals surface area (Å²) in [7, 11) is 1.78. The van der Waals surface area contributed by atoms with E-state index < -0.39 is 0 Å². The molecule has 0 unspecified atom stereocenters. The Balaban J connectivity index is 1.96. The number of aromatic nitrogens is 4. The van der Waals surface area contributed by atoms with Crippen molar-refractivity contribution in [1.29, 1.82) is 0 Å². The van der Waals surface area contributed by atoms with E-state index in [4.69, 9.17) is 4.74 Å². The van der Waals surface area contributed by atoms with Crippen LogP contribution in [0.2, 0.25) is 0 Å². The van der Waals surface area contributed by atoms with Gasteiger partial charge >= 0.3 is 5.97 Å². The Morgan fingerprint density at radius 2 is 2.09 bits per heavy atom. The maximum atomic E-state index is 11.9. The first-order chi connectivity index (χ1) is 10.4. The number of hydrogen-bond donors (Lipinski definition) is 0. The van der Waals surface area contributed by atoms with Gasteiger partial charge in [-0.1, -0.05) is 13.8 Å². The highest BCUT2D eigenvalue weighted by Gasteiger charge is 2.15. The van der Waals surface area contributed by atoms with Crippen molar-refractivity contribution in [2.75, 3.05) is 0 Å². The molecule has 0 saturated heterocycles. The van der Waals surface area contributed by atoms with E-state index >= 15 is 0 Å². The number of carbonyl (C=O) groups excluding carboxylic acids is 1. The molecular weight excluding hydrogens is 280 g/mol. The normalized spacial score (nSPS) is 11.2. The second kappa shape index (κ2) is 6.77. The average Bonchev–Trinajstić information content (AvgIpc) is 2.92. The van der Waals surface area contributed by atoms with E-state index in [0.717, 1.165) is 23.5 Å². The molecule has 0 aliphatic heterocycles. The summed E-state index contributed by atoms with van der Waals surface area (Å²) in [5, 5.41) is 8.54. The Labute approximate surface area is 131 Å². The lowest BCUT2D eigenvalue weighted by molar-refractivity contribution is -0.134. The van der Waals surface area contributed by atoms with Crippen LogP contribution in [0.15, 0.2) is 12.4 Å². The van der Waals surface area contributed by atoms with Crippen LogP contribution in [0, 0.1) is 19.8 Å². The van der Waals surface area contributed by atoms with E-state index in [1.54, 1.807) is 17.9 Å². The molecule has 6 heteroatoms. The Kier molecular flexibility index (Phi) is 5.00. The smallest absolute Gasteiger partial charge is 0.311 e. The Hall–Kier alpha value is -2.11. The second-order valence-electron chi connectivity index (χ2n) is 6.05. The molecule has 2 heterocycles. The van der Waals surface area contributed by atoms with Gasteiger partial charge in [0.05, 0.1) is 24.5 Å². The number of aryl methyl sites for hydroxylation is 2. The van der Waals surface area contributed by atoms with Gasteiger partial charge in [0.25, 0.3) is 0 Å². The molecule has 0 aliphatic carbocycles. The summed E-state index contributed by atoms with van der Waals surface area (Å²) in [6.07, 6.45) is 4.20. The van der Waals surface area contributed by atoms with Gasteiger partial charge in [-0.2, -0.15) is 10.2 Å². The van der Waals surface area contributed by atoms with E-state index in [1.165, 1.54) is 6.20 Å². The predicted octanol–water partition coefficient (Wildman–Crippen LogP) is 2.43. The molecule has 0 N–H and O–H groups in total. The third-order valence-corrected chi connectivity index (χ3v) is 3.56. The zero-order valence-electron chi connectivity index (χ0n) is 14.0. The molecule has 2 rings (SSSR count). The molecule has 0 spiro atoms. The molecule has 2 aromatic heterocycles. The van der Waals surface area contributed by atoms with E-state index in [2.05, 4.69) is 31.0 Å². The summed E-state index contributed by atoms with van der Waals surface area (Å²) < 4.78 is 8.89. The van der Waals surface area contributed by atoms with Crippen LogP contribution < -0.4 is 4.74 Å². The lowest BCUT2D eigenvalue weighted by Crippen LogP contribution is -2.10. The van der Waals surface area contributed by atoms with Crippen LogP contribution in [0.4, 0.5) is 0 Å². The van der Waals surface area contributed by atoms with Crippen LogP contribution in [0.1, 0.15) is 37.2 Å². The van der Waals surface area contributed by atoms with Gasteiger partial charge in [-0.25, -0.2) is 0 Å². The summed E-state index contributed by atoms with van der Waals surface area (Å²) in [5.41, 5.74) is 3.27. The number of esters is 1. The number of ether oxygens (including phenoxy) is 1. The number of hydrogen-bond acceptors (Lipinski definition) is 4. The van der Waals surface area contributed by atoms with Gasteiger partial charge in [0.1, 0.15) is 0 Å². The zero-order chi connectivity index (χ0) is 16.3. The molecule has 0 radical (unpaired) electrons. The minimum absolute atomic E-state index is 0.247. The highest BCUT2D eigenvalue weighted by atomic mass is 16.5. The van der Waals surface area contributed by atoms with Crippen LogP contribution in [-0.2, 0) is 24.8 Å². The minimum Gasteiger partial charge on any atom is -0.423 e. The molecule has 0 aromatic carbocycles. The van der Waals surface area contributed by atoms with E-state index in [-0.39, 0.29) is 5.97 Å². The fourth-order valence-corrected chi connectivity index (χ4v) is 2.48. The predicted molar refractivity (Wildman–Crippen MR) is 83.7 cm³/mol. The van der Waals surface area contributed by atoms with Crippen molar-refractivity contribution < 1.29 is 9.53 Å². The lowest BCUT2D eigenvalue weighted by Gasteiger charge is -2.08. The summed E-state index contributed by atoms with van der Waals surface area (Å²) in [6, 6.07) is 0. The molecule has 0 bridgehead atoms. The molecule has 120 valence electrons. The minimum atomic E-state index is -0.247. The number of rotatable bonds is 6. The summed E-state index contributed by atoms with van der Waals surface area (Å²) in [6.45, 7) is 9.28. The molecule has 0 atom stereocenters. The fraction of sp³-hybridized carbons (Fsp3) is 0.562. The largest absolute Gasteiger partial charge is 0.423 e. The zero-order valence-corrected chi connectivity index (χ0v) is 14.0. The first-order valence-corrected chi connectivity index (χ1v) is 7.59. The average molecular weight is 304 g/mol. The summed E-state index contributed by atoms with van der Waals surface area (Å²) in [4.78, 5) is 11.9.